The van der Waals surface area contributed by atoms with Crippen molar-refractivity contribution in [3.05, 3.63) is 30.6 Å². The van der Waals surface area contributed by atoms with Gasteiger partial charge in [-0.1, -0.05) is 6.07 Å². The maximum Gasteiger partial charge on any atom is 0.278 e. The smallest absolute Gasteiger partial charge is 0.278 e. The van der Waals surface area contributed by atoms with Gasteiger partial charge in [0.05, 0.1) is 29.7 Å². The fourth-order valence-corrected chi connectivity index (χ4v) is 5.48. The number of ether oxygens (including phenoxy) is 2. The van der Waals surface area contributed by atoms with Gasteiger partial charge in [0, 0.05) is 24.2 Å². The van der Waals surface area contributed by atoms with Crippen LogP contribution in [0.1, 0.15) is 32.6 Å². The molecule has 36 heavy (non-hydrogen) atoms. The van der Waals surface area contributed by atoms with Crippen LogP contribution in [0.15, 0.2) is 30.6 Å². The maximum atomic E-state index is 15.5. The Kier molecular flexibility index (Phi) is 5.59. The first-order valence-electron chi connectivity index (χ1n) is 12.2. The Bertz CT molecular complexity index is 1280. The standard InChI is InChI=1S/C25H28FN7O3/c1-25-7-3-4-15(30-25)11-18(21(25)26)33(2)20-13-27-22(32-31-20)16-6-5-14(10-19(16)34)17-12-28-23-24(29-17)36-9-8-35-23/h5-6,10,12-13,15,18,21,30,34H,3-4,7-9,11H2,1-2H3/t15-,18-,21-,25+/m0/s1. The number of aromatic hydroxyl groups is 1. The summed E-state index contributed by atoms with van der Waals surface area (Å²) in [6, 6.07) is 5.07. The summed E-state index contributed by atoms with van der Waals surface area (Å²) in [5.74, 6) is 1.44. The first kappa shape index (κ1) is 22.8. The highest BCUT2D eigenvalue weighted by atomic mass is 19.1. The lowest BCUT2D eigenvalue weighted by Gasteiger charge is -2.52. The van der Waals surface area contributed by atoms with E-state index in [1.807, 2.05) is 18.9 Å². The maximum absolute atomic E-state index is 15.5. The lowest BCUT2D eigenvalue weighted by Crippen LogP contribution is -2.68. The molecule has 4 atom stereocenters. The number of fused-ring (bicyclic) bond motifs is 3. The number of alkyl halides is 1. The van der Waals surface area contributed by atoms with Crippen LogP contribution in [0, 0.1) is 0 Å². The predicted octanol–water partition coefficient (Wildman–Crippen LogP) is 2.92. The Morgan fingerprint density at radius 3 is 2.75 bits per heavy atom. The van der Waals surface area contributed by atoms with Gasteiger partial charge in [0.15, 0.2) is 11.6 Å². The summed E-state index contributed by atoms with van der Waals surface area (Å²) in [6.07, 6.45) is 5.76. The second-order valence-corrected chi connectivity index (χ2v) is 9.90. The van der Waals surface area contributed by atoms with Crippen molar-refractivity contribution in [2.75, 3.05) is 25.2 Å². The fraction of sp³-hybridized carbons (Fsp3) is 0.480. The van der Waals surface area contributed by atoms with Crippen LogP contribution in [0.25, 0.3) is 22.6 Å². The largest absolute Gasteiger partial charge is 0.507 e. The number of rotatable bonds is 4. The molecule has 0 saturated carbocycles. The van der Waals surface area contributed by atoms with E-state index in [9.17, 15) is 5.11 Å². The fourth-order valence-electron chi connectivity index (χ4n) is 5.48. The Hall–Kier alpha value is -3.60. The van der Waals surface area contributed by atoms with Crippen LogP contribution in [0.2, 0.25) is 0 Å². The second-order valence-electron chi connectivity index (χ2n) is 9.90. The summed E-state index contributed by atoms with van der Waals surface area (Å²) in [5.41, 5.74) is 1.11. The number of phenolic OH excluding ortho intramolecular Hbond substituents is 1. The molecule has 2 aromatic heterocycles. The van der Waals surface area contributed by atoms with E-state index >= 15 is 4.39 Å². The summed E-state index contributed by atoms with van der Waals surface area (Å²) in [6.45, 7) is 2.82. The van der Waals surface area contributed by atoms with Crippen LogP contribution in [-0.4, -0.2) is 74.3 Å². The van der Waals surface area contributed by atoms with Gasteiger partial charge in [0.2, 0.25) is 0 Å². The molecule has 188 valence electrons. The Balaban J connectivity index is 1.21. The first-order valence-corrected chi connectivity index (χ1v) is 12.2. The number of nitrogens with one attached hydrogen (secondary N) is 1. The van der Waals surface area contributed by atoms with Gasteiger partial charge >= 0.3 is 0 Å². The average molecular weight is 494 g/mol. The van der Waals surface area contributed by atoms with Crippen molar-refractivity contribution in [3.8, 4) is 40.2 Å². The van der Waals surface area contributed by atoms with Crippen molar-refractivity contribution in [2.45, 2.75) is 56.4 Å². The van der Waals surface area contributed by atoms with Crippen LogP contribution in [-0.2, 0) is 0 Å². The highest BCUT2D eigenvalue weighted by molar-refractivity contribution is 5.71. The molecular formula is C25H28FN7O3. The van der Waals surface area contributed by atoms with E-state index in [4.69, 9.17) is 9.47 Å². The van der Waals surface area contributed by atoms with E-state index in [1.165, 1.54) is 0 Å². The molecule has 0 unspecified atom stereocenters. The highest BCUT2D eigenvalue weighted by Crippen LogP contribution is 2.39. The number of hydrogen-bond acceptors (Lipinski definition) is 10. The predicted molar refractivity (Wildman–Crippen MR) is 130 cm³/mol. The number of piperidine rings is 2. The quantitative estimate of drug-likeness (QED) is 0.562. The molecule has 1 aromatic carbocycles. The van der Waals surface area contributed by atoms with Crippen molar-refractivity contribution < 1.29 is 19.0 Å². The number of benzene rings is 1. The van der Waals surface area contributed by atoms with Crippen LogP contribution in [0.3, 0.4) is 0 Å². The Morgan fingerprint density at radius 2 is 1.97 bits per heavy atom. The van der Waals surface area contributed by atoms with Gasteiger partial charge in [0.1, 0.15) is 25.1 Å². The zero-order valence-corrected chi connectivity index (χ0v) is 20.2. The number of phenols is 1. The van der Waals surface area contributed by atoms with Crippen LogP contribution >= 0.6 is 0 Å². The average Bonchev–Trinajstić information content (AvgIpc) is 2.90. The van der Waals surface area contributed by atoms with Crippen molar-refractivity contribution in [1.29, 1.82) is 0 Å². The molecule has 3 aromatic rings. The van der Waals surface area contributed by atoms with Gasteiger partial charge in [-0.25, -0.2) is 19.3 Å². The van der Waals surface area contributed by atoms with Gasteiger partial charge in [0.25, 0.3) is 11.8 Å². The molecule has 6 rings (SSSR count). The number of halogens is 1. The summed E-state index contributed by atoms with van der Waals surface area (Å²) in [5, 5.41) is 22.7. The SMILES string of the molecule is CN(c1cnc(-c2ccc(-c3cnc4c(n3)OCCO4)cc2O)nn1)[C@H]1C[C@@H]2CCC[C@@](C)(N2)[C@H]1F. The van der Waals surface area contributed by atoms with Crippen LogP contribution in [0.5, 0.6) is 17.5 Å². The van der Waals surface area contributed by atoms with Gasteiger partial charge in [-0.05, 0) is 44.7 Å². The first-order chi connectivity index (χ1) is 17.4. The Morgan fingerprint density at radius 1 is 1.14 bits per heavy atom. The van der Waals surface area contributed by atoms with Crippen molar-refractivity contribution in [2.24, 2.45) is 0 Å². The minimum atomic E-state index is -1.03. The third-order valence-corrected chi connectivity index (χ3v) is 7.47. The molecule has 11 heteroatoms. The molecular weight excluding hydrogens is 465 g/mol. The highest BCUT2D eigenvalue weighted by Gasteiger charge is 2.49. The van der Waals surface area contributed by atoms with Crippen molar-refractivity contribution in [3.63, 3.8) is 0 Å². The summed E-state index contributed by atoms with van der Waals surface area (Å²) < 4.78 is 26.4. The molecule has 0 spiro atoms. The normalized spacial score (nSPS) is 26.9. The van der Waals surface area contributed by atoms with E-state index < -0.39 is 11.7 Å². The molecule has 0 radical (unpaired) electrons. The molecule has 0 amide bonds. The molecule has 10 nitrogen and oxygen atoms in total. The molecule has 2 fully saturated rings. The van der Waals surface area contributed by atoms with E-state index in [-0.39, 0.29) is 17.6 Å². The van der Waals surface area contributed by atoms with Crippen molar-refractivity contribution in [1.82, 2.24) is 30.5 Å². The number of anilines is 1. The monoisotopic (exact) mass is 493 g/mol. The minimum absolute atomic E-state index is 0.0185. The van der Waals surface area contributed by atoms with Gasteiger partial charge < -0.3 is 24.8 Å². The van der Waals surface area contributed by atoms with E-state index in [0.717, 1.165) is 19.3 Å². The minimum Gasteiger partial charge on any atom is -0.507 e. The van der Waals surface area contributed by atoms with Crippen molar-refractivity contribution >= 4 is 5.82 Å². The zero-order valence-electron chi connectivity index (χ0n) is 20.2. The molecule has 2 N–H and O–H groups in total. The molecule has 2 saturated heterocycles. The molecule has 3 aliphatic heterocycles. The summed E-state index contributed by atoms with van der Waals surface area (Å²) in [7, 11) is 1.84. The topological polar surface area (TPSA) is 118 Å². The van der Waals surface area contributed by atoms with E-state index in [0.29, 0.717) is 60.1 Å². The molecule has 5 heterocycles. The number of nitrogens with zero attached hydrogens (tertiary/aromatic N) is 6. The van der Waals surface area contributed by atoms with Crippen LogP contribution in [0.4, 0.5) is 10.2 Å². The van der Waals surface area contributed by atoms with Gasteiger partial charge in [-0.15, -0.1) is 10.2 Å². The van der Waals surface area contributed by atoms with E-state index in [1.54, 1.807) is 30.6 Å². The lowest BCUT2D eigenvalue weighted by atomic mass is 9.73. The number of hydrogen-bond donors (Lipinski definition) is 2. The number of aromatic nitrogens is 5. The zero-order chi connectivity index (χ0) is 24.9. The second kappa shape index (κ2) is 8.81. The Labute approximate surface area is 207 Å². The van der Waals surface area contributed by atoms with E-state index in [2.05, 4.69) is 30.5 Å². The van der Waals surface area contributed by atoms with Crippen LogP contribution < -0.4 is 19.7 Å². The summed E-state index contributed by atoms with van der Waals surface area (Å²) in [4.78, 5) is 14.9. The lowest BCUT2D eigenvalue weighted by molar-refractivity contribution is 0.0405. The third-order valence-electron chi connectivity index (χ3n) is 7.47. The molecule has 0 aliphatic carbocycles. The van der Waals surface area contributed by atoms with Gasteiger partial charge in [-0.2, -0.15) is 0 Å². The summed E-state index contributed by atoms with van der Waals surface area (Å²) >= 11 is 0. The third kappa shape index (κ3) is 3.97. The van der Waals surface area contributed by atoms with Gasteiger partial charge in [-0.3, -0.25) is 0 Å². The molecule has 3 aliphatic rings. The molecule has 2 bridgehead atoms.